The van der Waals surface area contributed by atoms with E-state index in [2.05, 4.69) is 5.32 Å². The van der Waals surface area contributed by atoms with E-state index in [9.17, 15) is 9.59 Å². The van der Waals surface area contributed by atoms with Crippen LogP contribution in [0.1, 0.15) is 33.6 Å². The molecule has 0 atom stereocenters. The predicted molar refractivity (Wildman–Crippen MR) is 77.4 cm³/mol. The molecule has 1 aromatic carbocycles. The summed E-state index contributed by atoms with van der Waals surface area (Å²) >= 11 is 0. The Morgan fingerprint density at radius 1 is 1.09 bits per heavy atom. The third-order valence-corrected chi connectivity index (χ3v) is 4.81. The highest BCUT2D eigenvalue weighted by atomic mass is 16.7. The van der Waals surface area contributed by atoms with E-state index in [0.29, 0.717) is 24.3 Å². The Kier molecular flexibility index (Phi) is 3.07. The van der Waals surface area contributed by atoms with Crippen molar-refractivity contribution in [2.45, 2.75) is 30.7 Å². The Labute approximate surface area is 128 Å². The van der Waals surface area contributed by atoms with Crippen molar-refractivity contribution in [1.82, 2.24) is 10.2 Å². The van der Waals surface area contributed by atoms with Crippen LogP contribution in [-0.2, 0) is 9.47 Å². The van der Waals surface area contributed by atoms with Crippen molar-refractivity contribution in [2.75, 3.05) is 20.3 Å². The maximum Gasteiger partial charge on any atom is 0.261 e. The SMILES string of the molecule is CNC1([C@H]2OC[C@H](N3C(=O)c4ccccc4C3=O)CO2)CC1. The van der Waals surface area contributed by atoms with Gasteiger partial charge in [-0.05, 0) is 32.0 Å². The third kappa shape index (κ3) is 1.91. The molecule has 6 nitrogen and oxygen atoms in total. The molecule has 1 aromatic rings. The first kappa shape index (κ1) is 13.9. The molecule has 2 aliphatic heterocycles. The van der Waals surface area contributed by atoms with Crippen molar-refractivity contribution in [3.8, 4) is 0 Å². The van der Waals surface area contributed by atoms with E-state index < -0.39 is 0 Å². The Morgan fingerprint density at radius 3 is 2.09 bits per heavy atom. The van der Waals surface area contributed by atoms with Gasteiger partial charge in [0.1, 0.15) is 0 Å². The number of imide groups is 1. The quantitative estimate of drug-likeness (QED) is 0.836. The minimum absolute atomic E-state index is 0.0903. The third-order valence-electron chi connectivity index (χ3n) is 4.81. The number of nitrogens with one attached hydrogen (secondary N) is 1. The summed E-state index contributed by atoms with van der Waals surface area (Å²) in [6.07, 6.45) is 1.74. The lowest BCUT2D eigenvalue weighted by atomic mass is 10.1. The lowest BCUT2D eigenvalue weighted by molar-refractivity contribution is -0.215. The number of rotatable bonds is 3. The minimum atomic E-state index is -0.365. The van der Waals surface area contributed by atoms with Crippen LogP contribution >= 0.6 is 0 Å². The molecule has 3 aliphatic rings. The van der Waals surface area contributed by atoms with Crippen LogP contribution in [0.3, 0.4) is 0 Å². The normalized spacial score (nSPS) is 29.6. The molecule has 22 heavy (non-hydrogen) atoms. The number of ether oxygens (including phenoxy) is 2. The van der Waals surface area contributed by atoms with Gasteiger partial charge in [0.2, 0.25) is 0 Å². The van der Waals surface area contributed by atoms with E-state index in [4.69, 9.17) is 9.47 Å². The van der Waals surface area contributed by atoms with E-state index >= 15 is 0 Å². The van der Waals surface area contributed by atoms with Crippen LogP contribution in [0.15, 0.2) is 24.3 Å². The largest absolute Gasteiger partial charge is 0.348 e. The van der Waals surface area contributed by atoms with Gasteiger partial charge in [-0.25, -0.2) is 0 Å². The van der Waals surface area contributed by atoms with Gasteiger partial charge in [-0.3, -0.25) is 14.5 Å². The molecule has 2 amide bonds. The summed E-state index contributed by atoms with van der Waals surface area (Å²) in [5.74, 6) is -0.517. The number of likely N-dealkylation sites (N-methyl/N-ethyl adjacent to an activating group) is 1. The van der Waals surface area contributed by atoms with Crippen LogP contribution < -0.4 is 5.32 Å². The van der Waals surface area contributed by atoms with Crippen LogP contribution in [0, 0.1) is 0 Å². The number of carbonyl (C=O) groups is 2. The fraction of sp³-hybridized carbons (Fsp3) is 0.500. The van der Waals surface area contributed by atoms with E-state index in [0.717, 1.165) is 12.8 Å². The second-order valence-corrected chi connectivity index (χ2v) is 6.08. The molecule has 116 valence electrons. The summed E-state index contributed by atoms with van der Waals surface area (Å²) < 4.78 is 11.6. The number of nitrogens with zero attached hydrogens (tertiary/aromatic N) is 1. The molecule has 2 heterocycles. The molecule has 4 rings (SSSR count). The molecular weight excluding hydrogens is 284 g/mol. The van der Waals surface area contributed by atoms with Crippen LogP contribution in [-0.4, -0.2) is 54.8 Å². The predicted octanol–water partition coefficient (Wildman–Crippen LogP) is 0.776. The first-order valence-corrected chi connectivity index (χ1v) is 7.55. The molecular formula is C16H18N2O4. The molecule has 2 fully saturated rings. The van der Waals surface area contributed by atoms with Gasteiger partial charge >= 0.3 is 0 Å². The zero-order valence-electron chi connectivity index (χ0n) is 12.4. The first-order valence-electron chi connectivity index (χ1n) is 7.55. The summed E-state index contributed by atoms with van der Waals surface area (Å²) in [6, 6.07) is 6.53. The average molecular weight is 302 g/mol. The van der Waals surface area contributed by atoms with Gasteiger partial charge in [0.15, 0.2) is 6.29 Å². The number of hydrogen-bond acceptors (Lipinski definition) is 5. The lowest BCUT2D eigenvalue weighted by Crippen LogP contribution is -2.54. The molecule has 0 spiro atoms. The molecule has 0 radical (unpaired) electrons. The van der Waals surface area contributed by atoms with Crippen LogP contribution in [0.25, 0.3) is 0 Å². The number of hydrogen-bond donors (Lipinski definition) is 1. The van der Waals surface area contributed by atoms with Gasteiger partial charge in [-0.15, -0.1) is 0 Å². The van der Waals surface area contributed by atoms with E-state index in [1.165, 1.54) is 4.90 Å². The van der Waals surface area contributed by atoms with Crippen molar-refractivity contribution in [1.29, 1.82) is 0 Å². The summed E-state index contributed by atoms with van der Waals surface area (Å²) in [7, 11) is 1.90. The first-order chi connectivity index (χ1) is 10.7. The van der Waals surface area contributed by atoms with E-state index in [-0.39, 0.29) is 29.7 Å². The average Bonchev–Trinajstić information content (AvgIpc) is 3.32. The highest BCUT2D eigenvalue weighted by molar-refractivity contribution is 6.21. The Morgan fingerprint density at radius 2 is 1.64 bits per heavy atom. The monoisotopic (exact) mass is 302 g/mol. The zero-order chi connectivity index (χ0) is 15.3. The topological polar surface area (TPSA) is 67.9 Å². The summed E-state index contributed by atoms with van der Waals surface area (Å²) in [6.45, 7) is 0.638. The van der Waals surface area contributed by atoms with Gasteiger partial charge < -0.3 is 14.8 Å². The van der Waals surface area contributed by atoms with Crippen molar-refractivity contribution < 1.29 is 19.1 Å². The van der Waals surface area contributed by atoms with Crippen molar-refractivity contribution in [3.63, 3.8) is 0 Å². The highest BCUT2D eigenvalue weighted by Gasteiger charge is 2.52. The molecule has 0 unspecified atom stereocenters. The van der Waals surface area contributed by atoms with Crippen molar-refractivity contribution in [3.05, 3.63) is 35.4 Å². The Hall–Kier alpha value is -1.76. The molecule has 0 aromatic heterocycles. The van der Waals surface area contributed by atoms with E-state index in [1.807, 2.05) is 7.05 Å². The van der Waals surface area contributed by atoms with E-state index in [1.54, 1.807) is 24.3 Å². The second-order valence-electron chi connectivity index (χ2n) is 6.08. The smallest absolute Gasteiger partial charge is 0.261 e. The summed E-state index contributed by atoms with van der Waals surface area (Å²) in [5.41, 5.74) is 0.833. The van der Waals surface area contributed by atoms with Crippen LogP contribution in [0.5, 0.6) is 0 Å². The highest BCUT2D eigenvalue weighted by Crippen LogP contribution is 2.41. The molecule has 6 heteroatoms. The van der Waals surface area contributed by atoms with Gasteiger partial charge in [-0.1, -0.05) is 12.1 Å². The second kappa shape index (κ2) is 4.87. The maximum absolute atomic E-state index is 12.4. The Bertz CT molecular complexity index is 598. The fourth-order valence-corrected chi connectivity index (χ4v) is 3.24. The number of benzene rings is 1. The van der Waals surface area contributed by atoms with Crippen LogP contribution in [0.2, 0.25) is 0 Å². The molecule has 1 saturated carbocycles. The van der Waals surface area contributed by atoms with Gasteiger partial charge in [-0.2, -0.15) is 0 Å². The number of amides is 2. The molecule has 0 bridgehead atoms. The summed E-state index contributed by atoms with van der Waals surface area (Å²) in [4.78, 5) is 26.1. The Balaban J connectivity index is 1.49. The van der Waals surface area contributed by atoms with Gasteiger partial charge in [0, 0.05) is 0 Å². The standard InChI is InChI=1S/C16H18N2O4/c1-17-16(6-7-16)15-21-8-10(9-22-15)18-13(19)11-4-2-3-5-12(11)14(18)20/h2-5,10,15,17H,6-9H2,1H3/t10-,15-. The molecule has 1 saturated heterocycles. The fourth-order valence-electron chi connectivity index (χ4n) is 3.24. The zero-order valence-corrected chi connectivity index (χ0v) is 12.4. The number of fused-ring (bicyclic) bond motifs is 1. The van der Waals surface area contributed by atoms with Crippen molar-refractivity contribution >= 4 is 11.8 Å². The summed E-state index contributed by atoms with van der Waals surface area (Å²) in [5, 5.41) is 3.24. The molecule has 1 N–H and O–H groups in total. The van der Waals surface area contributed by atoms with Crippen LogP contribution in [0.4, 0.5) is 0 Å². The van der Waals surface area contributed by atoms with Crippen molar-refractivity contribution in [2.24, 2.45) is 0 Å². The van der Waals surface area contributed by atoms with Gasteiger partial charge in [0.25, 0.3) is 11.8 Å². The maximum atomic E-state index is 12.4. The molecule has 1 aliphatic carbocycles. The number of carbonyl (C=O) groups excluding carboxylic acids is 2. The lowest BCUT2D eigenvalue weighted by Gasteiger charge is -2.37. The minimum Gasteiger partial charge on any atom is -0.348 e. The van der Waals surface area contributed by atoms with Gasteiger partial charge in [0.05, 0.1) is 35.9 Å².